The van der Waals surface area contributed by atoms with Crippen LogP contribution < -0.4 is 10.1 Å². The fraction of sp³-hybridized carbons (Fsp3) is 0.467. The Kier molecular flexibility index (Phi) is 4.61. The number of anilines is 1. The molecule has 5 heteroatoms. The quantitative estimate of drug-likeness (QED) is 0.859. The van der Waals surface area contributed by atoms with Crippen LogP contribution in [0.25, 0.3) is 0 Å². The molecule has 0 aromatic heterocycles. The van der Waals surface area contributed by atoms with Crippen LogP contribution in [0.5, 0.6) is 5.75 Å². The van der Waals surface area contributed by atoms with Crippen molar-refractivity contribution in [1.82, 2.24) is 4.90 Å². The van der Waals surface area contributed by atoms with E-state index in [9.17, 15) is 9.59 Å². The third kappa shape index (κ3) is 3.73. The van der Waals surface area contributed by atoms with E-state index in [1.807, 2.05) is 13.8 Å². The summed E-state index contributed by atoms with van der Waals surface area (Å²) in [5.41, 5.74) is 0.596. The lowest BCUT2D eigenvalue weighted by molar-refractivity contribution is -0.142. The third-order valence-electron chi connectivity index (χ3n) is 3.07. The normalized spacial score (nSPS) is 14.4. The van der Waals surface area contributed by atoms with Crippen molar-refractivity contribution in [2.45, 2.75) is 32.8 Å². The Labute approximate surface area is 118 Å². The number of nitrogens with zero attached hydrogens (tertiary/aromatic N) is 1. The maximum atomic E-state index is 11.9. The fourth-order valence-electron chi connectivity index (χ4n) is 2.14. The molecule has 1 aromatic carbocycles. The molecule has 0 saturated carbocycles. The van der Waals surface area contributed by atoms with E-state index in [2.05, 4.69) is 5.32 Å². The van der Waals surface area contributed by atoms with Crippen molar-refractivity contribution >= 4 is 17.5 Å². The van der Waals surface area contributed by atoms with Crippen molar-refractivity contribution in [3.05, 3.63) is 24.3 Å². The van der Waals surface area contributed by atoms with E-state index in [0.29, 0.717) is 18.8 Å². The number of nitrogens with one attached hydrogen (secondary N) is 1. The predicted molar refractivity (Wildman–Crippen MR) is 76.6 cm³/mol. The molecule has 2 rings (SSSR count). The van der Waals surface area contributed by atoms with Crippen LogP contribution in [0.3, 0.4) is 0 Å². The average molecular weight is 276 g/mol. The summed E-state index contributed by atoms with van der Waals surface area (Å²) in [6.07, 6.45) is 2.05. The number of hydrogen-bond acceptors (Lipinski definition) is 3. The Morgan fingerprint density at radius 3 is 2.30 bits per heavy atom. The molecule has 1 saturated heterocycles. The molecule has 0 spiro atoms. The molecular formula is C15H20N2O3. The SMILES string of the molecule is CC(C)Oc1ccc(NC(=O)C(=O)N2CCCC2)cc1. The molecule has 0 atom stereocenters. The zero-order valence-electron chi connectivity index (χ0n) is 11.9. The van der Waals surface area contributed by atoms with Gasteiger partial charge in [0, 0.05) is 18.8 Å². The van der Waals surface area contributed by atoms with Gasteiger partial charge in [-0.05, 0) is 51.0 Å². The molecule has 0 bridgehead atoms. The van der Waals surface area contributed by atoms with Crippen LogP contribution in [-0.4, -0.2) is 35.9 Å². The van der Waals surface area contributed by atoms with E-state index in [4.69, 9.17) is 4.74 Å². The third-order valence-corrected chi connectivity index (χ3v) is 3.07. The van der Waals surface area contributed by atoms with Crippen molar-refractivity contribution in [2.75, 3.05) is 18.4 Å². The van der Waals surface area contributed by atoms with Crippen LogP contribution in [0.2, 0.25) is 0 Å². The van der Waals surface area contributed by atoms with Crippen LogP contribution in [0.1, 0.15) is 26.7 Å². The summed E-state index contributed by atoms with van der Waals surface area (Å²) >= 11 is 0. The lowest BCUT2D eigenvalue weighted by Crippen LogP contribution is -2.37. The Bertz CT molecular complexity index is 476. The van der Waals surface area contributed by atoms with Crippen molar-refractivity contribution in [2.24, 2.45) is 0 Å². The highest BCUT2D eigenvalue weighted by Crippen LogP contribution is 2.17. The Balaban J connectivity index is 1.92. The molecule has 0 aliphatic carbocycles. The minimum absolute atomic E-state index is 0.104. The highest BCUT2D eigenvalue weighted by molar-refractivity contribution is 6.39. The first kappa shape index (κ1) is 14.4. The van der Waals surface area contributed by atoms with Gasteiger partial charge in [0.15, 0.2) is 0 Å². The van der Waals surface area contributed by atoms with Gasteiger partial charge in [-0.3, -0.25) is 9.59 Å². The number of carbonyl (C=O) groups is 2. The van der Waals surface area contributed by atoms with Gasteiger partial charge in [-0.1, -0.05) is 0 Å². The summed E-state index contributed by atoms with van der Waals surface area (Å²) in [5, 5.41) is 2.61. The molecule has 0 radical (unpaired) electrons. The molecule has 108 valence electrons. The second kappa shape index (κ2) is 6.41. The molecule has 1 heterocycles. The maximum Gasteiger partial charge on any atom is 0.313 e. The molecule has 2 amide bonds. The zero-order chi connectivity index (χ0) is 14.5. The first-order valence-electron chi connectivity index (χ1n) is 6.93. The monoisotopic (exact) mass is 276 g/mol. The Hall–Kier alpha value is -2.04. The number of carbonyl (C=O) groups excluding carboxylic acids is 2. The first-order valence-corrected chi connectivity index (χ1v) is 6.93. The first-order chi connectivity index (χ1) is 9.56. The second-order valence-electron chi connectivity index (χ2n) is 5.14. The lowest BCUT2D eigenvalue weighted by Gasteiger charge is -2.15. The van der Waals surface area contributed by atoms with Gasteiger partial charge in [-0.15, -0.1) is 0 Å². The molecule has 1 fully saturated rings. The number of rotatable bonds is 3. The number of amides is 2. The number of ether oxygens (including phenoxy) is 1. The fourth-order valence-corrected chi connectivity index (χ4v) is 2.14. The minimum atomic E-state index is -0.579. The number of benzene rings is 1. The van der Waals surface area contributed by atoms with E-state index in [-0.39, 0.29) is 6.10 Å². The van der Waals surface area contributed by atoms with Gasteiger partial charge in [0.25, 0.3) is 0 Å². The van der Waals surface area contributed by atoms with Crippen LogP contribution in [-0.2, 0) is 9.59 Å². The van der Waals surface area contributed by atoms with Gasteiger partial charge >= 0.3 is 11.8 Å². The van der Waals surface area contributed by atoms with Gasteiger partial charge in [0.2, 0.25) is 0 Å². The number of hydrogen-bond donors (Lipinski definition) is 1. The molecule has 20 heavy (non-hydrogen) atoms. The maximum absolute atomic E-state index is 11.9. The second-order valence-corrected chi connectivity index (χ2v) is 5.14. The van der Waals surface area contributed by atoms with Crippen molar-refractivity contribution < 1.29 is 14.3 Å². The lowest BCUT2D eigenvalue weighted by atomic mass is 10.3. The summed E-state index contributed by atoms with van der Waals surface area (Å²) < 4.78 is 5.52. The van der Waals surface area contributed by atoms with Gasteiger partial charge in [-0.2, -0.15) is 0 Å². The van der Waals surface area contributed by atoms with Crippen LogP contribution >= 0.6 is 0 Å². The molecule has 1 aromatic rings. The van der Waals surface area contributed by atoms with Gasteiger partial charge in [0.1, 0.15) is 5.75 Å². The van der Waals surface area contributed by atoms with Crippen molar-refractivity contribution in [1.29, 1.82) is 0 Å². The minimum Gasteiger partial charge on any atom is -0.491 e. The van der Waals surface area contributed by atoms with E-state index < -0.39 is 11.8 Å². The Morgan fingerprint density at radius 1 is 1.15 bits per heavy atom. The predicted octanol–water partition coefficient (Wildman–Crippen LogP) is 2.03. The topological polar surface area (TPSA) is 58.6 Å². The van der Waals surface area contributed by atoms with Gasteiger partial charge in [0.05, 0.1) is 6.10 Å². The van der Waals surface area contributed by atoms with E-state index in [0.717, 1.165) is 18.6 Å². The van der Waals surface area contributed by atoms with Crippen LogP contribution in [0, 0.1) is 0 Å². The van der Waals surface area contributed by atoms with E-state index in [1.54, 1.807) is 29.2 Å². The van der Waals surface area contributed by atoms with Crippen LogP contribution in [0.4, 0.5) is 5.69 Å². The molecule has 0 unspecified atom stereocenters. The number of likely N-dealkylation sites (tertiary alicyclic amines) is 1. The standard InChI is InChI=1S/C15H20N2O3/c1-11(2)20-13-7-5-12(6-8-13)16-14(18)15(19)17-9-3-4-10-17/h5-8,11H,3-4,9-10H2,1-2H3,(H,16,18). The van der Waals surface area contributed by atoms with Crippen molar-refractivity contribution in [3.8, 4) is 5.75 Å². The highest BCUT2D eigenvalue weighted by Gasteiger charge is 2.24. The molecule has 1 aliphatic heterocycles. The summed E-state index contributed by atoms with van der Waals surface area (Å²) in [7, 11) is 0. The van der Waals surface area contributed by atoms with Crippen LogP contribution in [0.15, 0.2) is 24.3 Å². The van der Waals surface area contributed by atoms with E-state index >= 15 is 0 Å². The largest absolute Gasteiger partial charge is 0.491 e. The van der Waals surface area contributed by atoms with E-state index in [1.165, 1.54) is 0 Å². The highest BCUT2D eigenvalue weighted by atomic mass is 16.5. The smallest absolute Gasteiger partial charge is 0.313 e. The zero-order valence-corrected chi connectivity index (χ0v) is 11.9. The van der Waals surface area contributed by atoms with Crippen molar-refractivity contribution in [3.63, 3.8) is 0 Å². The average Bonchev–Trinajstić information content (AvgIpc) is 2.93. The molecule has 1 N–H and O–H groups in total. The summed E-state index contributed by atoms with van der Waals surface area (Å²) in [5.74, 6) is -0.293. The summed E-state index contributed by atoms with van der Waals surface area (Å²) in [6, 6.07) is 7.01. The molecular weight excluding hydrogens is 256 g/mol. The Morgan fingerprint density at radius 2 is 1.75 bits per heavy atom. The summed E-state index contributed by atoms with van der Waals surface area (Å²) in [4.78, 5) is 25.3. The van der Waals surface area contributed by atoms with Gasteiger partial charge in [-0.25, -0.2) is 0 Å². The molecule has 5 nitrogen and oxygen atoms in total. The molecule has 1 aliphatic rings. The summed E-state index contributed by atoms with van der Waals surface area (Å²) in [6.45, 7) is 5.25. The van der Waals surface area contributed by atoms with Gasteiger partial charge < -0.3 is 15.0 Å².